The van der Waals surface area contributed by atoms with E-state index in [1.807, 2.05) is 65.8 Å². The van der Waals surface area contributed by atoms with E-state index >= 15 is 0 Å². The zero-order valence-corrected chi connectivity index (χ0v) is 25.7. The van der Waals surface area contributed by atoms with E-state index in [2.05, 4.69) is 72.8 Å². The lowest BCUT2D eigenvalue weighted by molar-refractivity contribution is -0.149. The molecule has 218 valence electrons. The van der Waals surface area contributed by atoms with Crippen LogP contribution < -0.4 is 0 Å². The monoisotopic (exact) mass is 570 g/mol. The fraction of sp³-hybridized carbons (Fsp3) is 0.231. The highest BCUT2D eigenvalue weighted by molar-refractivity contribution is 5.89. The van der Waals surface area contributed by atoms with E-state index in [0.29, 0.717) is 0 Å². The number of hydrogen-bond acceptors (Lipinski definition) is 4. The highest BCUT2D eigenvalue weighted by Crippen LogP contribution is 2.55. The van der Waals surface area contributed by atoms with Crippen LogP contribution in [0.5, 0.6) is 0 Å². The van der Waals surface area contributed by atoms with E-state index in [1.165, 1.54) is 34.4 Å². The zero-order valence-electron chi connectivity index (χ0n) is 25.7. The molecule has 0 saturated heterocycles. The SMILES string of the molecule is CC(C)(C)OC(=O)/C=C/c1ccc(C2(c3ccc(/C=C/C(=O)OC(C)(C)C)cc3)c3ccccc3-c3ccccc32)cc1. The molecule has 0 bridgehead atoms. The van der Waals surface area contributed by atoms with Crippen molar-refractivity contribution in [3.8, 4) is 11.1 Å². The Morgan fingerprint density at radius 3 is 1.23 bits per heavy atom. The van der Waals surface area contributed by atoms with Gasteiger partial charge in [-0.1, -0.05) is 97.1 Å². The summed E-state index contributed by atoms with van der Waals surface area (Å²) >= 11 is 0. The minimum atomic E-state index is -0.548. The maximum atomic E-state index is 12.3. The van der Waals surface area contributed by atoms with Gasteiger partial charge in [0.2, 0.25) is 0 Å². The smallest absolute Gasteiger partial charge is 0.331 e. The number of carbonyl (C=O) groups is 2. The lowest BCUT2D eigenvalue weighted by atomic mass is 9.67. The van der Waals surface area contributed by atoms with Crippen molar-refractivity contribution in [2.75, 3.05) is 0 Å². The quantitative estimate of drug-likeness (QED) is 0.151. The van der Waals surface area contributed by atoms with Crippen LogP contribution in [0.4, 0.5) is 0 Å². The molecule has 1 aliphatic rings. The first-order chi connectivity index (χ1) is 20.4. The number of rotatable bonds is 6. The molecular weight excluding hydrogens is 532 g/mol. The molecule has 0 aliphatic heterocycles. The number of fused-ring (bicyclic) bond motifs is 3. The van der Waals surface area contributed by atoms with Crippen LogP contribution in [-0.2, 0) is 24.5 Å². The molecule has 0 saturated carbocycles. The van der Waals surface area contributed by atoms with Gasteiger partial charge in [0.1, 0.15) is 11.2 Å². The fourth-order valence-corrected chi connectivity index (χ4v) is 5.71. The first kappa shape index (κ1) is 29.8. The average molecular weight is 571 g/mol. The van der Waals surface area contributed by atoms with E-state index in [0.717, 1.165) is 22.3 Å². The van der Waals surface area contributed by atoms with Gasteiger partial charge in [0.05, 0.1) is 5.41 Å². The van der Waals surface area contributed by atoms with Crippen molar-refractivity contribution in [1.82, 2.24) is 0 Å². The van der Waals surface area contributed by atoms with Crippen molar-refractivity contribution in [3.05, 3.63) is 143 Å². The molecule has 4 heteroatoms. The average Bonchev–Trinajstić information content (AvgIpc) is 3.25. The normalized spacial score (nSPS) is 14.0. The molecule has 5 rings (SSSR count). The van der Waals surface area contributed by atoms with Gasteiger partial charge in [0.25, 0.3) is 0 Å². The second kappa shape index (κ2) is 11.5. The summed E-state index contributed by atoms with van der Waals surface area (Å²) in [5.74, 6) is -0.736. The van der Waals surface area contributed by atoms with Gasteiger partial charge in [0, 0.05) is 12.2 Å². The van der Waals surface area contributed by atoms with Crippen LogP contribution >= 0.6 is 0 Å². The topological polar surface area (TPSA) is 52.6 Å². The molecule has 0 amide bonds. The van der Waals surface area contributed by atoms with Crippen LogP contribution in [0.2, 0.25) is 0 Å². The van der Waals surface area contributed by atoms with E-state index in [4.69, 9.17) is 9.47 Å². The second-order valence-corrected chi connectivity index (χ2v) is 12.8. The van der Waals surface area contributed by atoms with Crippen molar-refractivity contribution in [2.45, 2.75) is 58.2 Å². The molecule has 4 aromatic carbocycles. The van der Waals surface area contributed by atoms with Gasteiger partial charge in [-0.3, -0.25) is 0 Å². The minimum absolute atomic E-state index is 0.368. The lowest BCUT2D eigenvalue weighted by Gasteiger charge is -2.34. The molecular formula is C39H38O4. The van der Waals surface area contributed by atoms with Crippen molar-refractivity contribution in [2.24, 2.45) is 0 Å². The molecule has 1 aliphatic carbocycles. The minimum Gasteiger partial charge on any atom is -0.457 e. The fourth-order valence-electron chi connectivity index (χ4n) is 5.71. The zero-order chi connectivity index (χ0) is 30.8. The highest BCUT2D eigenvalue weighted by Gasteiger charge is 2.45. The van der Waals surface area contributed by atoms with Gasteiger partial charge in [-0.05, 0) is 98.2 Å². The van der Waals surface area contributed by atoms with Crippen LogP contribution in [0.15, 0.2) is 109 Å². The highest BCUT2D eigenvalue weighted by atomic mass is 16.6. The summed E-state index contributed by atoms with van der Waals surface area (Å²) < 4.78 is 10.8. The summed E-state index contributed by atoms with van der Waals surface area (Å²) in [5, 5.41) is 0. The van der Waals surface area contributed by atoms with E-state index < -0.39 is 16.6 Å². The Labute approximate surface area is 254 Å². The Balaban J connectivity index is 1.57. The molecule has 0 fully saturated rings. The largest absolute Gasteiger partial charge is 0.457 e. The molecule has 0 atom stereocenters. The summed E-state index contributed by atoms with van der Waals surface area (Å²) in [6.45, 7) is 11.1. The van der Waals surface area contributed by atoms with Crippen LogP contribution in [0, 0.1) is 0 Å². The summed E-state index contributed by atoms with van der Waals surface area (Å²) in [7, 11) is 0. The molecule has 0 unspecified atom stereocenters. The van der Waals surface area contributed by atoms with Crippen molar-refractivity contribution >= 4 is 24.1 Å². The first-order valence-electron chi connectivity index (χ1n) is 14.6. The Morgan fingerprint density at radius 2 is 0.884 bits per heavy atom. The van der Waals surface area contributed by atoms with Crippen molar-refractivity contribution < 1.29 is 19.1 Å². The molecule has 0 spiro atoms. The van der Waals surface area contributed by atoms with Crippen molar-refractivity contribution in [3.63, 3.8) is 0 Å². The van der Waals surface area contributed by atoms with E-state index in [-0.39, 0.29) is 11.9 Å². The van der Waals surface area contributed by atoms with Gasteiger partial charge in [-0.25, -0.2) is 9.59 Å². The number of hydrogen-bond donors (Lipinski definition) is 0. The summed E-state index contributed by atoms with van der Waals surface area (Å²) in [6, 6.07) is 33.9. The Bertz CT molecular complexity index is 1560. The number of ether oxygens (including phenoxy) is 2. The number of benzene rings is 4. The second-order valence-electron chi connectivity index (χ2n) is 12.8. The third-order valence-electron chi connectivity index (χ3n) is 7.28. The van der Waals surface area contributed by atoms with Gasteiger partial charge in [-0.2, -0.15) is 0 Å². The maximum absolute atomic E-state index is 12.3. The molecule has 0 N–H and O–H groups in total. The Kier molecular flexibility index (Phi) is 7.98. The summed E-state index contributed by atoms with van der Waals surface area (Å²) in [4.78, 5) is 24.5. The van der Waals surface area contributed by atoms with Crippen LogP contribution in [0.1, 0.15) is 74.9 Å². The van der Waals surface area contributed by atoms with Gasteiger partial charge in [-0.15, -0.1) is 0 Å². The predicted octanol–water partition coefficient (Wildman–Crippen LogP) is 8.76. The number of carbonyl (C=O) groups excluding carboxylic acids is 2. The van der Waals surface area contributed by atoms with E-state index in [1.54, 1.807) is 12.2 Å². The molecule has 4 nitrogen and oxygen atoms in total. The third kappa shape index (κ3) is 6.39. The van der Waals surface area contributed by atoms with E-state index in [9.17, 15) is 9.59 Å². The standard InChI is InChI=1S/C39H38O4/c1-37(2,3)42-35(40)25-19-27-15-21-29(22-16-27)39(33-13-9-7-11-31(33)32-12-8-10-14-34(32)39)30-23-17-28(18-24-30)20-26-36(41)43-38(4,5)6/h7-26H,1-6H3/b25-19+,26-20+. The molecule has 4 aromatic rings. The van der Waals surface area contributed by atoms with Gasteiger partial charge in [0.15, 0.2) is 0 Å². The molecule has 0 aromatic heterocycles. The molecule has 0 heterocycles. The van der Waals surface area contributed by atoms with Crippen LogP contribution in [0.3, 0.4) is 0 Å². The Morgan fingerprint density at radius 1 is 0.535 bits per heavy atom. The van der Waals surface area contributed by atoms with Gasteiger partial charge >= 0.3 is 11.9 Å². The van der Waals surface area contributed by atoms with Crippen LogP contribution in [0.25, 0.3) is 23.3 Å². The van der Waals surface area contributed by atoms with Crippen molar-refractivity contribution in [1.29, 1.82) is 0 Å². The maximum Gasteiger partial charge on any atom is 0.331 e. The first-order valence-corrected chi connectivity index (χ1v) is 14.6. The summed E-state index contributed by atoms with van der Waals surface area (Å²) in [6.07, 6.45) is 6.51. The van der Waals surface area contributed by atoms with Crippen LogP contribution in [-0.4, -0.2) is 23.1 Å². The third-order valence-corrected chi connectivity index (χ3v) is 7.28. The predicted molar refractivity (Wildman–Crippen MR) is 174 cm³/mol. The summed E-state index contributed by atoms with van der Waals surface area (Å²) in [5.41, 5.74) is 7.28. The molecule has 43 heavy (non-hydrogen) atoms. The van der Waals surface area contributed by atoms with Gasteiger partial charge < -0.3 is 9.47 Å². The lowest BCUT2D eigenvalue weighted by Crippen LogP contribution is -2.28. The number of esters is 2. The molecule has 0 radical (unpaired) electrons. The Hall–Kier alpha value is -4.70.